The van der Waals surface area contributed by atoms with Gasteiger partial charge in [0.1, 0.15) is 18.1 Å². The topological polar surface area (TPSA) is 151 Å². The van der Waals surface area contributed by atoms with E-state index in [1.54, 1.807) is 20.8 Å². The highest BCUT2D eigenvalue weighted by Crippen LogP contribution is 2.19. The molecule has 1 aliphatic heterocycles. The second-order valence-electron chi connectivity index (χ2n) is 9.26. The van der Waals surface area contributed by atoms with Gasteiger partial charge in [0.25, 0.3) is 0 Å². The van der Waals surface area contributed by atoms with Crippen molar-refractivity contribution in [2.24, 2.45) is 17.6 Å². The summed E-state index contributed by atoms with van der Waals surface area (Å²) >= 11 is 0. The molecule has 0 saturated carbocycles. The number of amides is 4. The molecule has 32 heavy (non-hydrogen) atoms. The second kappa shape index (κ2) is 11.9. The zero-order valence-corrected chi connectivity index (χ0v) is 20.2. The summed E-state index contributed by atoms with van der Waals surface area (Å²) < 4.78 is 0. The van der Waals surface area contributed by atoms with E-state index in [2.05, 4.69) is 16.0 Å². The van der Waals surface area contributed by atoms with E-state index in [4.69, 9.17) is 5.73 Å². The van der Waals surface area contributed by atoms with Gasteiger partial charge in [0.05, 0.1) is 12.1 Å². The van der Waals surface area contributed by atoms with Crippen molar-refractivity contribution in [2.45, 2.75) is 91.5 Å². The molecule has 0 aromatic rings. The van der Waals surface area contributed by atoms with Crippen LogP contribution < -0.4 is 21.7 Å². The Morgan fingerprint density at radius 1 is 0.812 bits per heavy atom. The molecule has 1 fully saturated rings. The number of carbonyl (C=O) groups excluding carboxylic acids is 5. The zero-order chi connectivity index (χ0) is 24.7. The number of nitrogens with zero attached hydrogens (tertiary/aromatic N) is 1. The Morgan fingerprint density at radius 2 is 1.38 bits per heavy atom. The van der Waals surface area contributed by atoms with Crippen molar-refractivity contribution in [3.05, 3.63) is 0 Å². The summed E-state index contributed by atoms with van der Waals surface area (Å²) in [6.07, 6.45) is 1.36. The molecule has 0 unspecified atom stereocenters. The van der Waals surface area contributed by atoms with Crippen LogP contribution in [0.3, 0.4) is 0 Å². The van der Waals surface area contributed by atoms with Crippen molar-refractivity contribution in [1.29, 1.82) is 0 Å². The Kier molecular flexibility index (Phi) is 10.3. The van der Waals surface area contributed by atoms with E-state index < -0.39 is 47.9 Å². The third kappa shape index (κ3) is 7.29. The maximum absolute atomic E-state index is 12.7. The van der Waals surface area contributed by atoms with Gasteiger partial charge in [-0.05, 0) is 45.4 Å². The van der Waals surface area contributed by atoms with Crippen LogP contribution in [0.25, 0.3) is 0 Å². The molecule has 0 aliphatic carbocycles. The van der Waals surface area contributed by atoms with Crippen molar-refractivity contribution >= 4 is 29.4 Å². The van der Waals surface area contributed by atoms with Crippen LogP contribution in [-0.4, -0.2) is 71.1 Å². The van der Waals surface area contributed by atoms with Gasteiger partial charge in [-0.25, -0.2) is 0 Å². The summed E-state index contributed by atoms with van der Waals surface area (Å²) in [6, 6.07) is -3.83. The van der Waals surface area contributed by atoms with Crippen LogP contribution in [0, 0.1) is 11.8 Å². The fourth-order valence-electron chi connectivity index (χ4n) is 3.56. The van der Waals surface area contributed by atoms with Gasteiger partial charge in [0, 0.05) is 6.54 Å². The van der Waals surface area contributed by atoms with Gasteiger partial charge < -0.3 is 26.6 Å². The lowest BCUT2D eigenvalue weighted by molar-refractivity contribution is -0.140. The Balaban J connectivity index is 2.70. The van der Waals surface area contributed by atoms with E-state index in [-0.39, 0.29) is 23.5 Å². The van der Waals surface area contributed by atoms with Gasteiger partial charge >= 0.3 is 0 Å². The van der Waals surface area contributed by atoms with Crippen molar-refractivity contribution in [3.8, 4) is 0 Å². The van der Waals surface area contributed by atoms with Crippen LogP contribution >= 0.6 is 0 Å². The molecule has 1 aliphatic rings. The number of likely N-dealkylation sites (tertiary alicyclic amines) is 1. The lowest BCUT2D eigenvalue weighted by Crippen LogP contribution is -2.58. The predicted octanol–water partition coefficient (Wildman–Crippen LogP) is -0.300. The Hall–Kier alpha value is -2.49. The number of hydrogen-bond acceptors (Lipinski definition) is 6. The first kappa shape index (κ1) is 27.5. The first-order valence-electron chi connectivity index (χ1n) is 11.3. The van der Waals surface area contributed by atoms with Gasteiger partial charge in [0.15, 0.2) is 5.78 Å². The minimum Gasteiger partial charge on any atom is -0.343 e. The first-order chi connectivity index (χ1) is 14.8. The number of ketones is 1. The molecule has 1 rings (SSSR count). The van der Waals surface area contributed by atoms with Gasteiger partial charge in [-0.2, -0.15) is 0 Å². The number of nitrogens with one attached hydrogen (secondary N) is 3. The Bertz CT molecular complexity index is 724. The molecular formula is C22H39N5O5. The maximum Gasteiger partial charge on any atom is 0.245 e. The molecule has 5 N–H and O–H groups in total. The Morgan fingerprint density at radius 3 is 1.88 bits per heavy atom. The molecule has 0 bridgehead atoms. The van der Waals surface area contributed by atoms with E-state index in [0.717, 1.165) is 6.42 Å². The molecule has 182 valence electrons. The molecule has 1 saturated heterocycles. The number of carbonyl (C=O) groups is 5. The SMILES string of the molecule is CC(=O)[C@@H]1CCCN1C(=O)[C@H](C)NC(=O)[C@H](C)NC(=O)[C@@H](NC(=O)[C@@H](N)C(C)C)C(C)C. The number of nitrogens with two attached hydrogens (primary N) is 1. The fourth-order valence-corrected chi connectivity index (χ4v) is 3.56. The summed E-state index contributed by atoms with van der Waals surface area (Å²) in [6.45, 7) is 12.1. The van der Waals surface area contributed by atoms with Crippen molar-refractivity contribution in [1.82, 2.24) is 20.9 Å². The Labute approximate surface area is 190 Å². The van der Waals surface area contributed by atoms with E-state index in [1.807, 2.05) is 13.8 Å². The molecule has 10 nitrogen and oxygen atoms in total. The quantitative estimate of drug-likeness (QED) is 0.357. The molecule has 1 heterocycles. The van der Waals surface area contributed by atoms with Crippen LogP contribution in [-0.2, 0) is 24.0 Å². The molecule has 0 radical (unpaired) electrons. The lowest BCUT2D eigenvalue weighted by atomic mass is 10.00. The van der Waals surface area contributed by atoms with Gasteiger partial charge in [0.2, 0.25) is 23.6 Å². The summed E-state index contributed by atoms with van der Waals surface area (Å²) in [5.41, 5.74) is 5.86. The smallest absolute Gasteiger partial charge is 0.245 e. The van der Waals surface area contributed by atoms with Gasteiger partial charge in [-0.15, -0.1) is 0 Å². The van der Waals surface area contributed by atoms with Gasteiger partial charge in [-0.3, -0.25) is 24.0 Å². The highest BCUT2D eigenvalue weighted by Gasteiger charge is 2.35. The molecule has 10 heteroatoms. The van der Waals surface area contributed by atoms with E-state index in [0.29, 0.717) is 13.0 Å². The molecule has 5 atom stereocenters. The monoisotopic (exact) mass is 453 g/mol. The number of rotatable bonds is 10. The third-order valence-corrected chi connectivity index (χ3v) is 5.75. The summed E-state index contributed by atoms with van der Waals surface area (Å²) in [4.78, 5) is 63.5. The van der Waals surface area contributed by atoms with Gasteiger partial charge in [-0.1, -0.05) is 27.7 Å². The van der Waals surface area contributed by atoms with Crippen LogP contribution in [0.15, 0.2) is 0 Å². The largest absolute Gasteiger partial charge is 0.343 e. The van der Waals surface area contributed by atoms with Crippen LogP contribution in [0.5, 0.6) is 0 Å². The van der Waals surface area contributed by atoms with Crippen LogP contribution in [0.1, 0.15) is 61.3 Å². The standard InChI is InChI=1S/C22H39N5O5/c1-11(2)17(23)20(30)26-18(12(3)4)21(31)24-13(5)19(29)25-14(6)22(32)27-10-8-9-16(27)15(7)28/h11-14,16-18H,8-10,23H2,1-7H3,(H,24,31)(H,25,29)(H,26,30)/t13-,14-,16-,17-,18-/m0/s1. The molecule has 4 amide bonds. The van der Waals surface area contributed by atoms with Crippen LogP contribution in [0.4, 0.5) is 0 Å². The average Bonchev–Trinajstić information content (AvgIpc) is 3.19. The minimum absolute atomic E-state index is 0.0750. The highest BCUT2D eigenvalue weighted by atomic mass is 16.2. The summed E-state index contributed by atoms with van der Waals surface area (Å²) in [5.74, 6) is -2.21. The van der Waals surface area contributed by atoms with Crippen LogP contribution in [0.2, 0.25) is 0 Å². The third-order valence-electron chi connectivity index (χ3n) is 5.75. The van der Waals surface area contributed by atoms with E-state index in [9.17, 15) is 24.0 Å². The molecule has 0 aromatic heterocycles. The normalized spacial score (nSPS) is 19.8. The van der Waals surface area contributed by atoms with Crippen molar-refractivity contribution < 1.29 is 24.0 Å². The molecule has 0 aromatic carbocycles. The lowest BCUT2D eigenvalue weighted by Gasteiger charge is -2.28. The average molecular weight is 454 g/mol. The first-order valence-corrected chi connectivity index (χ1v) is 11.3. The fraction of sp³-hybridized carbons (Fsp3) is 0.773. The number of hydrogen-bond donors (Lipinski definition) is 4. The second-order valence-corrected chi connectivity index (χ2v) is 9.26. The molecular weight excluding hydrogens is 414 g/mol. The maximum atomic E-state index is 12.7. The zero-order valence-electron chi connectivity index (χ0n) is 20.2. The van der Waals surface area contributed by atoms with Crippen molar-refractivity contribution in [2.75, 3.05) is 6.54 Å². The van der Waals surface area contributed by atoms with E-state index in [1.165, 1.54) is 18.7 Å². The number of Topliss-reactive ketones (excluding diaryl/α,β-unsaturated/α-hetero) is 1. The summed E-state index contributed by atoms with van der Waals surface area (Å²) in [5, 5.41) is 7.84. The van der Waals surface area contributed by atoms with E-state index >= 15 is 0 Å². The minimum atomic E-state index is -0.933. The predicted molar refractivity (Wildman–Crippen MR) is 120 cm³/mol. The van der Waals surface area contributed by atoms with Crippen molar-refractivity contribution in [3.63, 3.8) is 0 Å². The summed E-state index contributed by atoms with van der Waals surface area (Å²) in [7, 11) is 0. The molecule has 0 spiro atoms. The highest BCUT2D eigenvalue weighted by molar-refractivity contribution is 5.95.